The smallest absolute Gasteiger partial charge is 0.0465 e. The van der Waals surface area contributed by atoms with Crippen LogP contribution in [-0.2, 0) is 0 Å². The number of hydrogen-bond donors (Lipinski definition) is 2. The van der Waals surface area contributed by atoms with Crippen molar-refractivity contribution in [2.75, 3.05) is 7.05 Å². The molecule has 0 saturated carbocycles. The first-order valence-electron chi connectivity index (χ1n) is 7.74. The Kier molecular flexibility index (Phi) is 3.50. The van der Waals surface area contributed by atoms with E-state index < -0.39 is 0 Å². The molecule has 110 valence electrons. The van der Waals surface area contributed by atoms with Gasteiger partial charge in [0.1, 0.15) is 0 Å². The average Bonchev–Trinajstić information content (AvgIpc) is 2.86. The number of para-hydroxylation sites is 1. The van der Waals surface area contributed by atoms with Crippen molar-refractivity contribution in [3.63, 3.8) is 0 Å². The number of nitrogens with one attached hydrogen (secondary N) is 2. The van der Waals surface area contributed by atoms with E-state index in [2.05, 4.69) is 80.6 Å². The zero-order valence-electron chi connectivity index (χ0n) is 13.3. The highest BCUT2D eigenvalue weighted by Crippen LogP contribution is 2.37. The standard InChI is InChI=1S/C19H24N2/c1-5-19(2,3)18(20-4)13-10-11-17-15(12-13)14-8-6-7-9-16(14)21-17/h6-12,18,20-21H,5H2,1-4H3. The molecule has 1 unspecified atom stereocenters. The SMILES string of the molecule is CCC(C)(C)C(NC)c1ccc2[nH]c3ccccc3c2c1. The zero-order valence-corrected chi connectivity index (χ0v) is 13.3. The third kappa shape index (κ3) is 2.34. The zero-order chi connectivity index (χ0) is 15.0. The number of aromatic amines is 1. The first-order chi connectivity index (χ1) is 10.1. The molecule has 2 heteroatoms. The molecule has 0 bridgehead atoms. The minimum absolute atomic E-state index is 0.231. The predicted octanol–water partition coefficient (Wildman–Crippen LogP) is 5.02. The van der Waals surface area contributed by atoms with Gasteiger partial charge >= 0.3 is 0 Å². The van der Waals surface area contributed by atoms with Crippen molar-refractivity contribution in [2.24, 2.45) is 5.41 Å². The number of hydrogen-bond acceptors (Lipinski definition) is 1. The summed E-state index contributed by atoms with van der Waals surface area (Å²) in [5.74, 6) is 0. The normalized spacial score (nSPS) is 13.9. The second kappa shape index (κ2) is 5.19. The summed E-state index contributed by atoms with van der Waals surface area (Å²) in [6.45, 7) is 6.91. The van der Waals surface area contributed by atoms with Gasteiger partial charge in [0.05, 0.1) is 0 Å². The summed E-state index contributed by atoms with van der Waals surface area (Å²) >= 11 is 0. The third-order valence-electron chi connectivity index (χ3n) is 4.84. The van der Waals surface area contributed by atoms with Crippen molar-refractivity contribution in [1.29, 1.82) is 0 Å². The number of H-pyrrole nitrogens is 1. The van der Waals surface area contributed by atoms with Gasteiger partial charge in [-0.1, -0.05) is 45.0 Å². The van der Waals surface area contributed by atoms with E-state index in [1.54, 1.807) is 0 Å². The minimum Gasteiger partial charge on any atom is -0.355 e. The molecular formula is C19H24N2. The number of benzene rings is 2. The molecule has 21 heavy (non-hydrogen) atoms. The van der Waals surface area contributed by atoms with Gasteiger partial charge in [-0.3, -0.25) is 0 Å². The summed E-state index contributed by atoms with van der Waals surface area (Å²) in [7, 11) is 2.06. The summed E-state index contributed by atoms with van der Waals surface area (Å²) < 4.78 is 0. The summed E-state index contributed by atoms with van der Waals surface area (Å²) in [4.78, 5) is 3.49. The van der Waals surface area contributed by atoms with Gasteiger partial charge < -0.3 is 10.3 Å². The molecule has 0 aliphatic rings. The van der Waals surface area contributed by atoms with E-state index in [-0.39, 0.29) is 5.41 Å². The molecule has 2 aromatic carbocycles. The molecule has 0 aliphatic heterocycles. The van der Waals surface area contributed by atoms with Crippen LogP contribution < -0.4 is 5.32 Å². The van der Waals surface area contributed by atoms with Crippen LogP contribution in [0.1, 0.15) is 38.8 Å². The summed E-state index contributed by atoms with van der Waals surface area (Å²) in [6, 6.07) is 15.7. The largest absolute Gasteiger partial charge is 0.355 e. The number of aromatic nitrogens is 1. The van der Waals surface area contributed by atoms with E-state index in [0.717, 1.165) is 6.42 Å². The van der Waals surface area contributed by atoms with Crippen LogP contribution in [0.5, 0.6) is 0 Å². The van der Waals surface area contributed by atoms with E-state index in [1.165, 1.54) is 27.4 Å². The molecule has 1 heterocycles. The van der Waals surface area contributed by atoms with Crippen LogP contribution >= 0.6 is 0 Å². The van der Waals surface area contributed by atoms with Crippen LogP contribution in [0.2, 0.25) is 0 Å². The quantitative estimate of drug-likeness (QED) is 0.690. The monoisotopic (exact) mass is 280 g/mol. The van der Waals surface area contributed by atoms with Crippen molar-refractivity contribution in [3.05, 3.63) is 48.0 Å². The van der Waals surface area contributed by atoms with Crippen LogP contribution in [0.25, 0.3) is 21.8 Å². The van der Waals surface area contributed by atoms with Gasteiger partial charge in [-0.2, -0.15) is 0 Å². The number of rotatable bonds is 4. The Morgan fingerprint density at radius 2 is 1.76 bits per heavy atom. The Labute approximate surface area is 126 Å². The van der Waals surface area contributed by atoms with E-state index in [0.29, 0.717) is 6.04 Å². The molecule has 0 spiro atoms. The highest BCUT2D eigenvalue weighted by Gasteiger charge is 2.28. The van der Waals surface area contributed by atoms with Crippen molar-refractivity contribution >= 4 is 21.8 Å². The maximum absolute atomic E-state index is 3.50. The Balaban J connectivity index is 2.18. The van der Waals surface area contributed by atoms with Gasteiger partial charge in [-0.25, -0.2) is 0 Å². The van der Waals surface area contributed by atoms with E-state index >= 15 is 0 Å². The molecule has 0 amide bonds. The van der Waals surface area contributed by atoms with Crippen molar-refractivity contribution < 1.29 is 0 Å². The lowest BCUT2D eigenvalue weighted by molar-refractivity contribution is 0.245. The second-order valence-corrected chi connectivity index (χ2v) is 6.54. The molecule has 2 nitrogen and oxygen atoms in total. The van der Waals surface area contributed by atoms with E-state index in [9.17, 15) is 0 Å². The first-order valence-corrected chi connectivity index (χ1v) is 7.74. The molecular weight excluding hydrogens is 256 g/mol. The molecule has 1 aromatic heterocycles. The molecule has 3 rings (SSSR count). The van der Waals surface area contributed by atoms with E-state index in [4.69, 9.17) is 0 Å². The number of fused-ring (bicyclic) bond motifs is 3. The second-order valence-electron chi connectivity index (χ2n) is 6.54. The summed E-state index contributed by atoms with van der Waals surface area (Å²) in [5.41, 5.74) is 4.01. The highest BCUT2D eigenvalue weighted by atomic mass is 14.9. The van der Waals surface area contributed by atoms with Crippen LogP contribution in [0, 0.1) is 5.41 Å². The van der Waals surface area contributed by atoms with Crippen LogP contribution in [0.3, 0.4) is 0 Å². The molecule has 1 atom stereocenters. The van der Waals surface area contributed by atoms with E-state index in [1.807, 2.05) is 0 Å². The third-order valence-corrected chi connectivity index (χ3v) is 4.84. The maximum Gasteiger partial charge on any atom is 0.0465 e. The molecule has 2 N–H and O–H groups in total. The minimum atomic E-state index is 0.231. The van der Waals surface area contributed by atoms with Crippen molar-refractivity contribution in [1.82, 2.24) is 10.3 Å². The fourth-order valence-corrected chi connectivity index (χ4v) is 3.26. The first kappa shape index (κ1) is 14.2. The Hall–Kier alpha value is -1.80. The summed E-state index contributed by atoms with van der Waals surface area (Å²) in [5, 5.41) is 6.12. The summed E-state index contributed by atoms with van der Waals surface area (Å²) in [6.07, 6.45) is 1.14. The molecule has 0 aliphatic carbocycles. The van der Waals surface area contributed by atoms with Gasteiger partial charge in [0.15, 0.2) is 0 Å². The lowest BCUT2D eigenvalue weighted by Crippen LogP contribution is -2.31. The van der Waals surface area contributed by atoms with Crippen LogP contribution in [0.15, 0.2) is 42.5 Å². The fourth-order valence-electron chi connectivity index (χ4n) is 3.26. The van der Waals surface area contributed by atoms with Crippen molar-refractivity contribution in [2.45, 2.75) is 33.2 Å². The lowest BCUT2D eigenvalue weighted by Gasteiger charge is -2.33. The molecule has 0 radical (unpaired) electrons. The molecule has 3 aromatic rings. The molecule has 0 saturated heterocycles. The van der Waals surface area contributed by atoms with Crippen LogP contribution in [-0.4, -0.2) is 12.0 Å². The predicted molar refractivity (Wildman–Crippen MR) is 91.7 cm³/mol. The lowest BCUT2D eigenvalue weighted by atomic mass is 9.78. The van der Waals surface area contributed by atoms with Gasteiger partial charge in [-0.15, -0.1) is 0 Å². The fraction of sp³-hybridized carbons (Fsp3) is 0.368. The highest BCUT2D eigenvalue weighted by molar-refractivity contribution is 6.07. The van der Waals surface area contributed by atoms with Crippen LogP contribution in [0.4, 0.5) is 0 Å². The van der Waals surface area contributed by atoms with Gasteiger partial charge in [-0.05, 0) is 42.6 Å². The van der Waals surface area contributed by atoms with Gasteiger partial charge in [0.2, 0.25) is 0 Å². The topological polar surface area (TPSA) is 27.8 Å². The Morgan fingerprint density at radius 3 is 2.48 bits per heavy atom. The van der Waals surface area contributed by atoms with Gasteiger partial charge in [0.25, 0.3) is 0 Å². The van der Waals surface area contributed by atoms with Gasteiger partial charge in [0, 0.05) is 27.8 Å². The maximum atomic E-state index is 3.50. The Bertz CT molecular complexity index is 767. The van der Waals surface area contributed by atoms with Crippen molar-refractivity contribution in [3.8, 4) is 0 Å². The molecule has 0 fully saturated rings. The average molecular weight is 280 g/mol. The Morgan fingerprint density at radius 1 is 1.05 bits per heavy atom.